The summed E-state index contributed by atoms with van der Waals surface area (Å²) >= 11 is 0. The van der Waals surface area contributed by atoms with Crippen molar-refractivity contribution in [3.05, 3.63) is 58.3 Å². The summed E-state index contributed by atoms with van der Waals surface area (Å²) in [4.78, 5) is 28.5. The molecule has 0 spiro atoms. The van der Waals surface area contributed by atoms with E-state index in [9.17, 15) is 9.59 Å². The number of benzene rings is 2. The van der Waals surface area contributed by atoms with E-state index in [2.05, 4.69) is 6.07 Å². The highest BCUT2D eigenvalue weighted by Crippen LogP contribution is 2.48. The van der Waals surface area contributed by atoms with Gasteiger partial charge in [0.15, 0.2) is 17.3 Å². The number of carbonyl (C=O) groups is 2. The average Bonchev–Trinajstić information content (AvgIpc) is 2.76. The van der Waals surface area contributed by atoms with Crippen molar-refractivity contribution in [2.24, 2.45) is 0 Å². The highest BCUT2D eigenvalue weighted by atomic mass is 16.5. The molecule has 32 heavy (non-hydrogen) atoms. The standard InChI is InChI=1S/C26H29NO5/c1-15-9-16(2)11-17(10-15)27-20-7-6-8-21(28)26(20)19(13-25(27)29)18-12-23(31-4)24(32-5)14-22(18)30-3/h9-12,14,19H,6-8,13H2,1-5H3/t19-/m1/s1. The van der Waals surface area contributed by atoms with Gasteiger partial charge in [-0.3, -0.25) is 14.5 Å². The molecule has 4 rings (SSSR count). The molecule has 1 heterocycles. The van der Waals surface area contributed by atoms with Crippen LogP contribution in [0.1, 0.15) is 48.3 Å². The van der Waals surface area contributed by atoms with Gasteiger partial charge in [0.1, 0.15) is 5.75 Å². The lowest BCUT2D eigenvalue weighted by Crippen LogP contribution is -2.40. The summed E-state index contributed by atoms with van der Waals surface area (Å²) in [5.74, 6) is 1.34. The minimum absolute atomic E-state index is 0.0229. The first-order valence-electron chi connectivity index (χ1n) is 10.8. The molecule has 0 aromatic heterocycles. The predicted octanol–water partition coefficient (Wildman–Crippen LogP) is 4.86. The average molecular weight is 436 g/mol. The lowest BCUT2D eigenvalue weighted by Gasteiger charge is -2.39. The van der Waals surface area contributed by atoms with Crippen molar-refractivity contribution in [2.75, 3.05) is 26.2 Å². The van der Waals surface area contributed by atoms with E-state index in [4.69, 9.17) is 14.2 Å². The third-order valence-corrected chi connectivity index (χ3v) is 6.25. The SMILES string of the molecule is COc1cc(OC)c([C@H]2CC(=O)N(c3cc(C)cc(C)c3)C3=C2C(=O)CCC3)cc1OC. The summed E-state index contributed by atoms with van der Waals surface area (Å²) in [5, 5.41) is 0. The maximum Gasteiger partial charge on any atom is 0.232 e. The van der Waals surface area contributed by atoms with Crippen LogP contribution < -0.4 is 19.1 Å². The van der Waals surface area contributed by atoms with E-state index in [-0.39, 0.29) is 24.0 Å². The maximum absolute atomic E-state index is 13.5. The summed E-state index contributed by atoms with van der Waals surface area (Å²) in [7, 11) is 4.71. The van der Waals surface area contributed by atoms with Gasteiger partial charge >= 0.3 is 0 Å². The molecule has 168 valence electrons. The maximum atomic E-state index is 13.5. The first-order valence-corrected chi connectivity index (χ1v) is 10.8. The van der Waals surface area contributed by atoms with Gasteiger partial charge in [0, 0.05) is 47.3 Å². The molecule has 2 aromatic carbocycles. The highest BCUT2D eigenvalue weighted by Gasteiger charge is 2.41. The van der Waals surface area contributed by atoms with Crippen LogP contribution in [0.15, 0.2) is 41.6 Å². The van der Waals surface area contributed by atoms with Gasteiger partial charge in [0.05, 0.1) is 21.3 Å². The third-order valence-electron chi connectivity index (χ3n) is 6.25. The number of ketones is 1. The van der Waals surface area contributed by atoms with Crippen LogP contribution in [0.3, 0.4) is 0 Å². The monoisotopic (exact) mass is 435 g/mol. The molecule has 0 saturated heterocycles. The van der Waals surface area contributed by atoms with Crippen LogP contribution in [-0.2, 0) is 9.59 Å². The van der Waals surface area contributed by atoms with E-state index in [1.807, 2.05) is 32.0 Å². The first-order chi connectivity index (χ1) is 15.4. The minimum Gasteiger partial charge on any atom is -0.496 e. The zero-order valence-electron chi connectivity index (χ0n) is 19.3. The molecule has 0 saturated carbocycles. The summed E-state index contributed by atoms with van der Waals surface area (Å²) in [6, 6.07) is 9.67. The molecule has 1 atom stereocenters. The number of hydrogen-bond acceptors (Lipinski definition) is 5. The largest absolute Gasteiger partial charge is 0.496 e. The van der Waals surface area contributed by atoms with Gasteiger partial charge < -0.3 is 14.2 Å². The number of methoxy groups -OCH3 is 3. The van der Waals surface area contributed by atoms with Crippen molar-refractivity contribution in [1.29, 1.82) is 0 Å². The zero-order valence-corrected chi connectivity index (χ0v) is 19.3. The summed E-state index contributed by atoms with van der Waals surface area (Å²) in [6.45, 7) is 4.03. The van der Waals surface area contributed by atoms with Crippen molar-refractivity contribution in [3.63, 3.8) is 0 Å². The van der Waals surface area contributed by atoms with E-state index >= 15 is 0 Å². The molecule has 6 nitrogen and oxygen atoms in total. The summed E-state index contributed by atoms with van der Waals surface area (Å²) in [5.41, 5.74) is 5.28. The highest BCUT2D eigenvalue weighted by molar-refractivity contribution is 6.07. The van der Waals surface area contributed by atoms with E-state index in [1.54, 1.807) is 32.3 Å². The Morgan fingerprint density at radius 1 is 0.812 bits per heavy atom. The third kappa shape index (κ3) is 3.74. The molecular weight excluding hydrogens is 406 g/mol. The van der Waals surface area contributed by atoms with Gasteiger partial charge in [-0.1, -0.05) is 6.07 Å². The van der Waals surface area contributed by atoms with Crippen LogP contribution in [0.5, 0.6) is 17.2 Å². The second-order valence-corrected chi connectivity index (χ2v) is 8.42. The number of aryl methyl sites for hydroxylation is 2. The Morgan fingerprint density at radius 2 is 1.44 bits per heavy atom. The number of nitrogens with zero attached hydrogens (tertiary/aromatic N) is 1. The first kappa shape index (κ1) is 21.9. The Balaban J connectivity index is 1.91. The Morgan fingerprint density at radius 3 is 2.06 bits per heavy atom. The lowest BCUT2D eigenvalue weighted by molar-refractivity contribution is -0.119. The fourth-order valence-electron chi connectivity index (χ4n) is 4.96. The number of allylic oxidation sites excluding steroid dienone is 2. The Kier molecular flexibility index (Phi) is 5.96. The molecule has 2 aliphatic rings. The summed E-state index contributed by atoms with van der Waals surface area (Å²) in [6.07, 6.45) is 2.09. The molecule has 1 amide bonds. The number of rotatable bonds is 5. The van der Waals surface area contributed by atoms with Crippen LogP contribution in [0.2, 0.25) is 0 Å². The number of anilines is 1. The molecule has 0 N–H and O–H groups in total. The van der Waals surface area contributed by atoms with E-state index in [1.165, 1.54) is 0 Å². The number of ether oxygens (including phenoxy) is 3. The molecule has 1 aliphatic heterocycles. The Labute approximate surface area is 188 Å². The molecule has 2 aromatic rings. The predicted molar refractivity (Wildman–Crippen MR) is 123 cm³/mol. The van der Waals surface area contributed by atoms with Crippen LogP contribution >= 0.6 is 0 Å². The van der Waals surface area contributed by atoms with Gasteiger partial charge in [-0.2, -0.15) is 0 Å². The fraction of sp³-hybridized carbons (Fsp3) is 0.385. The number of amides is 1. The molecule has 0 fully saturated rings. The van der Waals surface area contributed by atoms with Crippen molar-refractivity contribution in [1.82, 2.24) is 0 Å². The molecule has 6 heteroatoms. The topological polar surface area (TPSA) is 65.1 Å². The smallest absolute Gasteiger partial charge is 0.232 e. The zero-order chi connectivity index (χ0) is 23.0. The van der Waals surface area contributed by atoms with Gasteiger partial charge in [-0.05, 0) is 56.0 Å². The van der Waals surface area contributed by atoms with E-state index in [0.717, 1.165) is 34.5 Å². The van der Waals surface area contributed by atoms with E-state index < -0.39 is 0 Å². The van der Waals surface area contributed by atoms with Crippen LogP contribution in [-0.4, -0.2) is 33.0 Å². The Hall–Kier alpha value is -3.28. The van der Waals surface area contributed by atoms with Crippen molar-refractivity contribution in [3.8, 4) is 17.2 Å². The van der Waals surface area contributed by atoms with E-state index in [0.29, 0.717) is 35.7 Å². The molecule has 0 radical (unpaired) electrons. The second-order valence-electron chi connectivity index (χ2n) is 8.42. The molecule has 0 unspecified atom stereocenters. The van der Waals surface area contributed by atoms with Crippen LogP contribution in [0.25, 0.3) is 0 Å². The van der Waals surface area contributed by atoms with Crippen LogP contribution in [0.4, 0.5) is 5.69 Å². The Bertz CT molecular complexity index is 1100. The summed E-state index contributed by atoms with van der Waals surface area (Å²) < 4.78 is 16.5. The quantitative estimate of drug-likeness (QED) is 0.671. The minimum atomic E-state index is -0.387. The van der Waals surface area contributed by atoms with Crippen molar-refractivity contribution >= 4 is 17.4 Å². The number of carbonyl (C=O) groups excluding carboxylic acids is 2. The van der Waals surface area contributed by atoms with Crippen molar-refractivity contribution < 1.29 is 23.8 Å². The second kappa shape index (κ2) is 8.69. The lowest BCUT2D eigenvalue weighted by atomic mass is 9.76. The molecule has 0 bridgehead atoms. The molecule has 1 aliphatic carbocycles. The molecular formula is C26H29NO5. The van der Waals surface area contributed by atoms with Gasteiger partial charge in [0.25, 0.3) is 0 Å². The van der Waals surface area contributed by atoms with Gasteiger partial charge in [0.2, 0.25) is 5.91 Å². The van der Waals surface area contributed by atoms with Gasteiger partial charge in [-0.25, -0.2) is 0 Å². The fourth-order valence-corrected chi connectivity index (χ4v) is 4.96. The van der Waals surface area contributed by atoms with Crippen molar-refractivity contribution in [2.45, 2.75) is 45.4 Å². The van der Waals surface area contributed by atoms with Gasteiger partial charge in [-0.15, -0.1) is 0 Å². The number of hydrogen-bond donors (Lipinski definition) is 0. The van der Waals surface area contributed by atoms with Crippen LogP contribution in [0, 0.1) is 13.8 Å². The normalized spacial score (nSPS) is 18.5. The number of Topliss-reactive ketones (excluding diaryl/α,β-unsaturated/α-hetero) is 1.